The highest BCUT2D eigenvalue weighted by molar-refractivity contribution is 6.36. The van der Waals surface area contributed by atoms with E-state index in [1.54, 1.807) is 31.5 Å². The third-order valence-corrected chi connectivity index (χ3v) is 2.08. The van der Waals surface area contributed by atoms with Gasteiger partial charge in [0.1, 0.15) is 16.6 Å². The predicted octanol–water partition coefficient (Wildman–Crippen LogP) is 1.04. The van der Waals surface area contributed by atoms with E-state index in [0.717, 1.165) is 0 Å². The molecular weight excluding hydrogens is 256 g/mol. The SMILES string of the molecule is CCOC(=O)/C(C(N)=Nc1ccncc1)=C(/N)Cl. The molecule has 0 aliphatic heterocycles. The fraction of sp³-hybridized carbons (Fsp3) is 0.182. The largest absolute Gasteiger partial charge is 0.462 e. The van der Waals surface area contributed by atoms with Crippen LogP contribution in [0.15, 0.2) is 40.2 Å². The molecule has 1 aromatic rings. The average Bonchev–Trinajstić information content (AvgIpc) is 2.30. The van der Waals surface area contributed by atoms with Crippen LogP contribution in [0, 0.1) is 0 Å². The second-order valence-electron chi connectivity index (χ2n) is 3.15. The van der Waals surface area contributed by atoms with Gasteiger partial charge in [0.05, 0.1) is 12.3 Å². The molecule has 4 N–H and O–H groups in total. The average molecular weight is 269 g/mol. The molecule has 0 bridgehead atoms. The van der Waals surface area contributed by atoms with E-state index in [2.05, 4.69) is 9.98 Å². The van der Waals surface area contributed by atoms with Crippen LogP contribution >= 0.6 is 11.6 Å². The van der Waals surface area contributed by atoms with E-state index in [1.165, 1.54) is 0 Å². The molecule has 1 heterocycles. The molecule has 0 atom stereocenters. The van der Waals surface area contributed by atoms with Crippen molar-refractivity contribution in [1.29, 1.82) is 0 Å². The molecule has 0 saturated carbocycles. The minimum Gasteiger partial charge on any atom is -0.462 e. The highest BCUT2D eigenvalue weighted by Crippen LogP contribution is 2.13. The van der Waals surface area contributed by atoms with E-state index in [4.69, 9.17) is 27.8 Å². The third kappa shape index (κ3) is 3.74. The summed E-state index contributed by atoms with van der Waals surface area (Å²) in [6, 6.07) is 3.25. The molecule has 1 rings (SSSR count). The predicted molar refractivity (Wildman–Crippen MR) is 69.2 cm³/mol. The normalized spacial score (nSPS) is 12.9. The molecule has 7 heteroatoms. The van der Waals surface area contributed by atoms with Gasteiger partial charge in [0, 0.05) is 12.4 Å². The molecule has 0 fully saturated rings. The van der Waals surface area contributed by atoms with Gasteiger partial charge in [0.15, 0.2) is 0 Å². The van der Waals surface area contributed by atoms with Gasteiger partial charge in [-0.1, -0.05) is 11.6 Å². The molecule has 96 valence electrons. The van der Waals surface area contributed by atoms with Gasteiger partial charge in [-0.25, -0.2) is 9.79 Å². The zero-order chi connectivity index (χ0) is 13.5. The molecule has 18 heavy (non-hydrogen) atoms. The molecule has 0 radical (unpaired) electrons. The molecule has 1 aromatic heterocycles. The molecule has 0 amide bonds. The number of hydrogen-bond donors (Lipinski definition) is 2. The van der Waals surface area contributed by atoms with E-state index >= 15 is 0 Å². The smallest absolute Gasteiger partial charge is 0.344 e. The Morgan fingerprint density at radius 3 is 2.56 bits per heavy atom. The number of nitrogens with two attached hydrogens (primary N) is 2. The first-order chi connectivity index (χ1) is 8.56. The van der Waals surface area contributed by atoms with E-state index in [1.807, 2.05) is 0 Å². The lowest BCUT2D eigenvalue weighted by atomic mass is 10.2. The number of nitrogens with zero attached hydrogens (tertiary/aromatic N) is 2. The maximum absolute atomic E-state index is 11.6. The van der Waals surface area contributed by atoms with Gasteiger partial charge in [-0.05, 0) is 19.1 Å². The lowest BCUT2D eigenvalue weighted by Gasteiger charge is -2.07. The highest BCUT2D eigenvalue weighted by atomic mass is 35.5. The molecule has 6 nitrogen and oxygen atoms in total. The Hall–Kier alpha value is -2.08. The number of aromatic nitrogens is 1. The Morgan fingerprint density at radius 1 is 1.44 bits per heavy atom. The minimum atomic E-state index is -0.708. The van der Waals surface area contributed by atoms with Crippen LogP contribution in [-0.4, -0.2) is 23.4 Å². The number of amidine groups is 1. The van der Waals surface area contributed by atoms with Crippen molar-refractivity contribution in [2.24, 2.45) is 16.5 Å². The number of ether oxygens (including phenoxy) is 1. The maximum atomic E-state index is 11.6. The molecule has 0 spiro atoms. The molecule has 0 aliphatic carbocycles. The topological polar surface area (TPSA) is 104 Å². The van der Waals surface area contributed by atoms with Crippen LogP contribution in [0.4, 0.5) is 5.69 Å². The standard InChI is InChI=1S/C11H13ClN4O2/c1-2-18-11(17)8(9(12)13)10(14)16-7-3-5-15-6-4-7/h3-6H,2,13H2,1H3,(H2,14,15,16)/b9-8+. The van der Waals surface area contributed by atoms with Gasteiger partial charge in [-0.2, -0.15) is 0 Å². The van der Waals surface area contributed by atoms with Crippen LogP contribution in [0.25, 0.3) is 0 Å². The number of carbonyl (C=O) groups is 1. The number of esters is 1. The van der Waals surface area contributed by atoms with Gasteiger partial charge in [-0.3, -0.25) is 4.98 Å². The quantitative estimate of drug-likeness (QED) is 0.279. The van der Waals surface area contributed by atoms with Gasteiger partial charge >= 0.3 is 5.97 Å². The van der Waals surface area contributed by atoms with Gasteiger partial charge in [-0.15, -0.1) is 0 Å². The van der Waals surface area contributed by atoms with Crippen molar-refractivity contribution >= 4 is 29.1 Å². The molecule has 0 aromatic carbocycles. The number of halogens is 1. The Balaban J connectivity index is 3.06. The Morgan fingerprint density at radius 2 is 2.06 bits per heavy atom. The number of pyridine rings is 1. The minimum absolute atomic E-state index is 0.104. The van der Waals surface area contributed by atoms with Crippen molar-refractivity contribution in [3.8, 4) is 0 Å². The van der Waals surface area contributed by atoms with E-state index in [-0.39, 0.29) is 23.2 Å². The van der Waals surface area contributed by atoms with Crippen LogP contribution in [0.1, 0.15) is 6.92 Å². The number of hydrogen-bond acceptors (Lipinski definition) is 5. The Labute approximate surface area is 109 Å². The number of rotatable bonds is 4. The van der Waals surface area contributed by atoms with Gasteiger partial charge in [0.2, 0.25) is 0 Å². The third-order valence-electron chi connectivity index (χ3n) is 1.89. The summed E-state index contributed by atoms with van der Waals surface area (Å²) in [6.07, 6.45) is 3.09. The summed E-state index contributed by atoms with van der Waals surface area (Å²) in [5, 5.41) is -0.260. The molecule has 0 aliphatic rings. The summed E-state index contributed by atoms with van der Waals surface area (Å²) in [5.74, 6) is -0.813. The van der Waals surface area contributed by atoms with Gasteiger partial charge < -0.3 is 16.2 Å². The van der Waals surface area contributed by atoms with Crippen molar-refractivity contribution in [3.63, 3.8) is 0 Å². The van der Waals surface area contributed by atoms with Crippen molar-refractivity contribution in [2.75, 3.05) is 6.61 Å². The van der Waals surface area contributed by atoms with Crippen molar-refractivity contribution < 1.29 is 9.53 Å². The van der Waals surface area contributed by atoms with E-state index < -0.39 is 5.97 Å². The van der Waals surface area contributed by atoms with Crippen LogP contribution < -0.4 is 11.5 Å². The lowest BCUT2D eigenvalue weighted by Crippen LogP contribution is -2.25. The molecular formula is C11H13ClN4O2. The molecule has 0 saturated heterocycles. The monoisotopic (exact) mass is 268 g/mol. The highest BCUT2D eigenvalue weighted by Gasteiger charge is 2.18. The maximum Gasteiger partial charge on any atom is 0.344 e. The Bertz CT molecular complexity index is 481. The number of aliphatic imine (C=N–C) groups is 1. The Kier molecular flexibility index (Phi) is 5.13. The molecule has 0 unspecified atom stereocenters. The van der Waals surface area contributed by atoms with Crippen LogP contribution in [0.3, 0.4) is 0 Å². The second-order valence-corrected chi connectivity index (χ2v) is 3.55. The van der Waals surface area contributed by atoms with E-state index in [0.29, 0.717) is 5.69 Å². The van der Waals surface area contributed by atoms with Crippen molar-refractivity contribution in [3.05, 3.63) is 35.3 Å². The first-order valence-electron chi connectivity index (χ1n) is 5.13. The van der Waals surface area contributed by atoms with Crippen molar-refractivity contribution in [1.82, 2.24) is 4.98 Å². The summed E-state index contributed by atoms with van der Waals surface area (Å²) in [7, 11) is 0. The first-order valence-corrected chi connectivity index (χ1v) is 5.51. The lowest BCUT2D eigenvalue weighted by molar-refractivity contribution is -0.137. The summed E-state index contributed by atoms with van der Waals surface area (Å²) in [4.78, 5) is 19.4. The summed E-state index contributed by atoms with van der Waals surface area (Å²) in [5.41, 5.74) is 11.5. The second kappa shape index (κ2) is 6.61. The van der Waals surface area contributed by atoms with E-state index in [9.17, 15) is 4.79 Å². The van der Waals surface area contributed by atoms with Gasteiger partial charge in [0.25, 0.3) is 0 Å². The van der Waals surface area contributed by atoms with Crippen LogP contribution in [0.5, 0.6) is 0 Å². The zero-order valence-electron chi connectivity index (χ0n) is 9.76. The zero-order valence-corrected chi connectivity index (χ0v) is 10.5. The number of carbonyl (C=O) groups excluding carboxylic acids is 1. The first kappa shape index (κ1) is 14.0. The van der Waals surface area contributed by atoms with Crippen LogP contribution in [-0.2, 0) is 9.53 Å². The van der Waals surface area contributed by atoms with Crippen LogP contribution in [0.2, 0.25) is 0 Å². The fourth-order valence-electron chi connectivity index (χ4n) is 1.14. The van der Waals surface area contributed by atoms with Crippen molar-refractivity contribution in [2.45, 2.75) is 6.92 Å². The summed E-state index contributed by atoms with van der Waals surface area (Å²) in [6.45, 7) is 1.85. The summed E-state index contributed by atoms with van der Waals surface area (Å²) < 4.78 is 4.79. The summed E-state index contributed by atoms with van der Waals surface area (Å²) >= 11 is 5.62. The fourth-order valence-corrected chi connectivity index (χ4v) is 1.32.